The van der Waals surface area contributed by atoms with Crippen molar-refractivity contribution >= 4 is 23.2 Å². The molecule has 4 heteroatoms. The minimum atomic E-state index is -0.0190. The van der Waals surface area contributed by atoms with E-state index in [1.54, 1.807) is 6.07 Å². The maximum Gasteiger partial charge on any atom is 0.0595 e. The first kappa shape index (κ1) is 10.8. The Hall–Kier alpha value is -0.280. The Balaban J connectivity index is 2.63. The van der Waals surface area contributed by atoms with Gasteiger partial charge in [0.05, 0.1) is 16.2 Å². The molecular formula is C9H12Cl2N2. The lowest BCUT2D eigenvalue weighted by Gasteiger charge is -2.08. The highest BCUT2D eigenvalue weighted by Gasteiger charge is 1.99. The van der Waals surface area contributed by atoms with Crippen molar-refractivity contribution in [3.8, 4) is 0 Å². The molecule has 0 spiro atoms. The van der Waals surface area contributed by atoms with Crippen LogP contribution in [0.15, 0.2) is 18.2 Å². The van der Waals surface area contributed by atoms with Crippen LogP contribution in [0.25, 0.3) is 0 Å². The van der Waals surface area contributed by atoms with Crippen LogP contribution in [0.4, 0.5) is 0 Å². The number of hydrogen-bond donors (Lipinski definition) is 2. The van der Waals surface area contributed by atoms with Gasteiger partial charge in [0.15, 0.2) is 0 Å². The maximum atomic E-state index is 5.84. The van der Waals surface area contributed by atoms with Crippen LogP contribution in [0.2, 0.25) is 10.0 Å². The van der Waals surface area contributed by atoms with Gasteiger partial charge in [0.25, 0.3) is 0 Å². The summed E-state index contributed by atoms with van der Waals surface area (Å²) in [6.45, 7) is 2.59. The zero-order valence-corrected chi connectivity index (χ0v) is 8.86. The molecule has 0 aliphatic rings. The molecule has 3 N–H and O–H groups in total. The zero-order chi connectivity index (χ0) is 9.84. The van der Waals surface area contributed by atoms with Gasteiger partial charge < -0.3 is 5.73 Å². The van der Waals surface area contributed by atoms with Crippen molar-refractivity contribution in [1.82, 2.24) is 5.32 Å². The number of nitrogens with two attached hydrogens (primary N) is 1. The first-order valence-electron chi connectivity index (χ1n) is 4.02. The van der Waals surface area contributed by atoms with Crippen LogP contribution in [0.3, 0.4) is 0 Å². The fourth-order valence-electron chi connectivity index (χ4n) is 0.928. The summed E-state index contributed by atoms with van der Waals surface area (Å²) in [7, 11) is 0. The van der Waals surface area contributed by atoms with Gasteiger partial charge in [0.2, 0.25) is 0 Å². The van der Waals surface area contributed by atoms with E-state index in [-0.39, 0.29) is 6.17 Å². The van der Waals surface area contributed by atoms with Gasteiger partial charge in [-0.05, 0) is 24.6 Å². The molecule has 2 nitrogen and oxygen atoms in total. The van der Waals surface area contributed by atoms with E-state index in [0.29, 0.717) is 16.6 Å². The molecule has 1 unspecified atom stereocenters. The smallest absolute Gasteiger partial charge is 0.0595 e. The topological polar surface area (TPSA) is 38.0 Å². The van der Waals surface area contributed by atoms with Crippen LogP contribution in [0, 0.1) is 0 Å². The van der Waals surface area contributed by atoms with Crippen LogP contribution in [0.5, 0.6) is 0 Å². The molecule has 0 bridgehead atoms. The lowest BCUT2D eigenvalue weighted by molar-refractivity contribution is 0.567. The second-order valence-electron chi connectivity index (χ2n) is 2.92. The lowest BCUT2D eigenvalue weighted by atomic mass is 10.2. The van der Waals surface area contributed by atoms with Gasteiger partial charge in [-0.25, -0.2) is 0 Å². The van der Waals surface area contributed by atoms with E-state index in [0.717, 1.165) is 5.56 Å². The summed E-state index contributed by atoms with van der Waals surface area (Å²) >= 11 is 11.6. The van der Waals surface area contributed by atoms with Gasteiger partial charge in [-0.2, -0.15) is 0 Å². The number of nitrogens with one attached hydrogen (secondary N) is 1. The minimum absolute atomic E-state index is 0.0190. The fourth-order valence-corrected chi connectivity index (χ4v) is 1.25. The van der Waals surface area contributed by atoms with E-state index < -0.39 is 0 Å². The zero-order valence-electron chi connectivity index (χ0n) is 7.35. The highest BCUT2D eigenvalue weighted by molar-refractivity contribution is 6.41. The summed E-state index contributed by atoms with van der Waals surface area (Å²) in [4.78, 5) is 0. The fraction of sp³-hybridized carbons (Fsp3) is 0.333. The predicted octanol–water partition coefficient (Wildman–Crippen LogP) is 2.39. The molecule has 1 aromatic rings. The summed E-state index contributed by atoms with van der Waals surface area (Å²) in [6.07, 6.45) is -0.0190. The van der Waals surface area contributed by atoms with E-state index in [4.69, 9.17) is 28.9 Å². The highest BCUT2D eigenvalue weighted by atomic mass is 35.5. The quantitative estimate of drug-likeness (QED) is 0.766. The Bertz CT molecular complexity index is 287. The van der Waals surface area contributed by atoms with Gasteiger partial charge in [0, 0.05) is 6.54 Å². The Kier molecular flexibility index (Phi) is 4.00. The van der Waals surface area contributed by atoms with Crippen LogP contribution in [-0.2, 0) is 6.54 Å². The average molecular weight is 219 g/mol. The molecule has 0 saturated heterocycles. The first-order chi connectivity index (χ1) is 6.09. The Morgan fingerprint density at radius 1 is 1.38 bits per heavy atom. The number of benzene rings is 1. The molecule has 0 fully saturated rings. The number of halogens is 2. The van der Waals surface area contributed by atoms with Crippen molar-refractivity contribution in [3.05, 3.63) is 33.8 Å². The molecule has 0 saturated carbocycles. The molecule has 0 aliphatic carbocycles. The van der Waals surface area contributed by atoms with Crippen molar-refractivity contribution in [2.75, 3.05) is 0 Å². The Morgan fingerprint density at radius 2 is 2.08 bits per heavy atom. The monoisotopic (exact) mass is 218 g/mol. The molecular weight excluding hydrogens is 207 g/mol. The lowest BCUT2D eigenvalue weighted by Crippen LogP contribution is -2.33. The van der Waals surface area contributed by atoms with Crippen molar-refractivity contribution < 1.29 is 0 Å². The normalized spacial score (nSPS) is 12.9. The van der Waals surface area contributed by atoms with Gasteiger partial charge in [-0.3, -0.25) is 5.32 Å². The third kappa shape index (κ3) is 3.53. The van der Waals surface area contributed by atoms with Crippen LogP contribution >= 0.6 is 23.2 Å². The first-order valence-corrected chi connectivity index (χ1v) is 4.78. The van der Waals surface area contributed by atoms with E-state index in [1.165, 1.54) is 0 Å². The molecule has 13 heavy (non-hydrogen) atoms. The van der Waals surface area contributed by atoms with Crippen LogP contribution in [0.1, 0.15) is 12.5 Å². The van der Waals surface area contributed by atoms with Crippen molar-refractivity contribution in [1.29, 1.82) is 0 Å². The maximum absolute atomic E-state index is 5.84. The van der Waals surface area contributed by atoms with E-state index >= 15 is 0 Å². The third-order valence-electron chi connectivity index (χ3n) is 1.61. The molecule has 0 radical (unpaired) electrons. The third-order valence-corrected chi connectivity index (χ3v) is 2.35. The SMILES string of the molecule is CC(N)NCc1ccc(Cl)c(Cl)c1. The standard InChI is InChI=1S/C9H12Cl2N2/c1-6(12)13-5-7-2-3-8(10)9(11)4-7/h2-4,6,13H,5,12H2,1H3. The predicted molar refractivity (Wildman–Crippen MR) is 57.0 cm³/mol. The highest BCUT2D eigenvalue weighted by Crippen LogP contribution is 2.22. The van der Waals surface area contributed by atoms with Gasteiger partial charge in [-0.1, -0.05) is 29.3 Å². The van der Waals surface area contributed by atoms with Crippen LogP contribution < -0.4 is 11.1 Å². The average Bonchev–Trinajstić information content (AvgIpc) is 2.07. The molecule has 1 rings (SSSR count). The summed E-state index contributed by atoms with van der Waals surface area (Å²) in [5.41, 5.74) is 6.61. The van der Waals surface area contributed by atoms with Gasteiger partial charge in [-0.15, -0.1) is 0 Å². The molecule has 0 aromatic heterocycles. The van der Waals surface area contributed by atoms with E-state index in [1.807, 2.05) is 19.1 Å². The number of hydrogen-bond acceptors (Lipinski definition) is 2. The van der Waals surface area contributed by atoms with Crippen molar-refractivity contribution in [3.63, 3.8) is 0 Å². The molecule has 0 amide bonds. The molecule has 1 atom stereocenters. The molecule has 0 aliphatic heterocycles. The second kappa shape index (κ2) is 4.82. The summed E-state index contributed by atoms with van der Waals surface area (Å²) in [6, 6.07) is 5.53. The molecule has 0 heterocycles. The van der Waals surface area contributed by atoms with E-state index in [2.05, 4.69) is 5.32 Å². The Morgan fingerprint density at radius 3 is 2.62 bits per heavy atom. The second-order valence-corrected chi connectivity index (χ2v) is 3.73. The van der Waals surface area contributed by atoms with Gasteiger partial charge in [0.1, 0.15) is 0 Å². The Labute approximate surface area is 88.0 Å². The molecule has 1 aromatic carbocycles. The summed E-state index contributed by atoms with van der Waals surface area (Å²) in [5, 5.41) is 4.23. The van der Waals surface area contributed by atoms with Crippen molar-refractivity contribution in [2.24, 2.45) is 5.73 Å². The summed E-state index contributed by atoms with van der Waals surface area (Å²) < 4.78 is 0. The minimum Gasteiger partial charge on any atom is -0.316 e. The van der Waals surface area contributed by atoms with Gasteiger partial charge >= 0.3 is 0 Å². The summed E-state index contributed by atoms with van der Waals surface area (Å²) in [5.74, 6) is 0. The van der Waals surface area contributed by atoms with Crippen molar-refractivity contribution in [2.45, 2.75) is 19.6 Å². The van der Waals surface area contributed by atoms with E-state index in [9.17, 15) is 0 Å². The van der Waals surface area contributed by atoms with Crippen LogP contribution in [-0.4, -0.2) is 6.17 Å². The largest absolute Gasteiger partial charge is 0.316 e. The molecule has 72 valence electrons. The number of rotatable bonds is 3.